The van der Waals surface area contributed by atoms with Crippen LogP contribution >= 0.6 is 0 Å². The van der Waals surface area contributed by atoms with E-state index in [1.807, 2.05) is 0 Å². The molecule has 4 atom stereocenters. The molecular formula is C9H14N4O4. The highest BCUT2D eigenvalue weighted by atomic mass is 16.5. The van der Waals surface area contributed by atoms with Gasteiger partial charge in [-0.15, -0.1) is 5.10 Å². The summed E-state index contributed by atoms with van der Waals surface area (Å²) in [6.07, 6.45) is -0.696. The fourth-order valence-corrected chi connectivity index (χ4v) is 1.86. The van der Waals surface area contributed by atoms with Crippen LogP contribution in [0, 0.1) is 5.92 Å². The highest BCUT2D eigenvalue weighted by Gasteiger charge is 2.42. The summed E-state index contributed by atoms with van der Waals surface area (Å²) in [5.41, 5.74) is 5.03. The summed E-state index contributed by atoms with van der Waals surface area (Å²) in [7, 11) is 0. The molecule has 0 aromatic carbocycles. The third-order valence-electron chi connectivity index (χ3n) is 2.85. The van der Waals surface area contributed by atoms with E-state index < -0.39 is 24.3 Å². The summed E-state index contributed by atoms with van der Waals surface area (Å²) in [5.74, 6) is -1.11. The first-order valence-electron chi connectivity index (χ1n) is 5.20. The minimum absolute atomic E-state index is 0.109. The molecule has 0 unspecified atom stereocenters. The zero-order chi connectivity index (χ0) is 12.6. The van der Waals surface area contributed by atoms with Crippen LogP contribution in [0.1, 0.15) is 23.8 Å². The molecule has 94 valence electrons. The van der Waals surface area contributed by atoms with Gasteiger partial charge < -0.3 is 20.7 Å². The van der Waals surface area contributed by atoms with Crippen molar-refractivity contribution < 1.29 is 19.7 Å². The Morgan fingerprint density at radius 3 is 2.88 bits per heavy atom. The van der Waals surface area contributed by atoms with Gasteiger partial charge in [0.25, 0.3) is 5.91 Å². The Balaban J connectivity index is 2.19. The third-order valence-corrected chi connectivity index (χ3v) is 2.85. The number of carbonyl (C=O) groups excluding carboxylic acids is 1. The van der Waals surface area contributed by atoms with Gasteiger partial charge in [-0.05, 0) is 0 Å². The van der Waals surface area contributed by atoms with Crippen molar-refractivity contribution in [3.8, 4) is 0 Å². The predicted octanol–water partition coefficient (Wildman–Crippen LogP) is -1.74. The summed E-state index contributed by atoms with van der Waals surface area (Å²) in [4.78, 5) is 14.6. The van der Waals surface area contributed by atoms with Crippen molar-refractivity contribution in [2.24, 2.45) is 11.7 Å². The summed E-state index contributed by atoms with van der Waals surface area (Å²) in [6.45, 7) is 1.48. The van der Waals surface area contributed by atoms with Crippen LogP contribution in [0.25, 0.3) is 0 Å². The quantitative estimate of drug-likeness (QED) is 0.578. The van der Waals surface area contributed by atoms with Crippen molar-refractivity contribution in [3.05, 3.63) is 12.2 Å². The third kappa shape index (κ3) is 2.02. The average Bonchev–Trinajstić information content (AvgIpc) is 2.87. The second kappa shape index (κ2) is 4.40. The van der Waals surface area contributed by atoms with Crippen LogP contribution in [0.4, 0.5) is 0 Å². The molecule has 1 saturated heterocycles. The standard InChI is InChI=1S/C9H14N4O4/c1-4-6(15)5(2-14)17-9(4)13-3-11-8(12-13)7(10)16/h3-6,9,14-15H,2H2,1H3,(H2,10,16)/t4-,5-,6+,9-/m1/s1. The second-order valence-electron chi connectivity index (χ2n) is 4.01. The van der Waals surface area contributed by atoms with E-state index in [-0.39, 0.29) is 18.3 Å². The molecule has 8 nitrogen and oxygen atoms in total. The molecule has 1 fully saturated rings. The number of hydrogen-bond acceptors (Lipinski definition) is 6. The van der Waals surface area contributed by atoms with Crippen LogP contribution in [-0.4, -0.2) is 49.7 Å². The maximum atomic E-state index is 10.8. The smallest absolute Gasteiger partial charge is 0.288 e. The zero-order valence-corrected chi connectivity index (χ0v) is 9.22. The molecule has 0 spiro atoms. The fourth-order valence-electron chi connectivity index (χ4n) is 1.86. The number of amides is 1. The molecule has 0 aliphatic carbocycles. The van der Waals surface area contributed by atoms with E-state index in [9.17, 15) is 9.90 Å². The van der Waals surface area contributed by atoms with E-state index in [4.69, 9.17) is 15.6 Å². The fraction of sp³-hybridized carbons (Fsp3) is 0.667. The van der Waals surface area contributed by atoms with Crippen molar-refractivity contribution in [2.45, 2.75) is 25.4 Å². The maximum Gasteiger partial charge on any atom is 0.288 e. The Morgan fingerprint density at radius 1 is 1.71 bits per heavy atom. The summed E-state index contributed by atoms with van der Waals surface area (Å²) >= 11 is 0. The minimum atomic E-state index is -0.786. The number of nitrogens with zero attached hydrogens (tertiary/aromatic N) is 3. The van der Waals surface area contributed by atoms with Gasteiger partial charge in [0.05, 0.1) is 12.7 Å². The van der Waals surface area contributed by atoms with Gasteiger partial charge in [0.15, 0.2) is 6.23 Å². The van der Waals surface area contributed by atoms with E-state index in [2.05, 4.69) is 10.1 Å². The van der Waals surface area contributed by atoms with Gasteiger partial charge in [0.2, 0.25) is 5.82 Å². The normalized spacial score (nSPS) is 32.9. The first-order valence-corrected chi connectivity index (χ1v) is 5.20. The molecule has 2 heterocycles. The van der Waals surface area contributed by atoms with E-state index in [1.54, 1.807) is 6.92 Å². The van der Waals surface area contributed by atoms with E-state index in [1.165, 1.54) is 11.0 Å². The Morgan fingerprint density at radius 2 is 2.41 bits per heavy atom. The summed E-state index contributed by atoms with van der Waals surface area (Å²) in [5, 5.41) is 22.6. The number of aliphatic hydroxyl groups excluding tert-OH is 2. The van der Waals surface area contributed by atoms with Gasteiger partial charge in [-0.2, -0.15) is 0 Å². The molecule has 1 aromatic rings. The van der Waals surface area contributed by atoms with Crippen molar-refractivity contribution in [1.82, 2.24) is 14.8 Å². The molecule has 17 heavy (non-hydrogen) atoms. The molecule has 1 aliphatic rings. The van der Waals surface area contributed by atoms with Crippen molar-refractivity contribution in [3.63, 3.8) is 0 Å². The van der Waals surface area contributed by atoms with Crippen LogP contribution in [0.5, 0.6) is 0 Å². The van der Waals surface area contributed by atoms with Gasteiger partial charge in [0.1, 0.15) is 12.4 Å². The molecule has 1 amide bonds. The lowest BCUT2D eigenvalue weighted by Crippen LogP contribution is -2.28. The number of rotatable bonds is 3. The highest BCUT2D eigenvalue weighted by Crippen LogP contribution is 2.33. The summed E-state index contributed by atoms with van der Waals surface area (Å²) in [6, 6.07) is 0. The van der Waals surface area contributed by atoms with Crippen LogP contribution in [-0.2, 0) is 4.74 Å². The Kier molecular flexibility index (Phi) is 3.09. The molecule has 1 aliphatic heterocycles. The SMILES string of the molecule is C[C@@H]1[C@H](O)[C@@H](CO)O[C@H]1n1cnc(C(N)=O)n1. The molecule has 8 heteroatoms. The Bertz CT molecular complexity index is 421. The van der Waals surface area contributed by atoms with Crippen molar-refractivity contribution in [2.75, 3.05) is 6.61 Å². The number of nitrogens with two attached hydrogens (primary N) is 1. The van der Waals surface area contributed by atoms with Crippen LogP contribution < -0.4 is 5.73 Å². The first-order chi connectivity index (χ1) is 8.04. The second-order valence-corrected chi connectivity index (χ2v) is 4.01. The maximum absolute atomic E-state index is 10.8. The lowest BCUT2D eigenvalue weighted by atomic mass is 10.0. The molecule has 0 bridgehead atoms. The molecule has 2 rings (SSSR count). The van der Waals surface area contributed by atoms with E-state index in [0.29, 0.717) is 0 Å². The van der Waals surface area contributed by atoms with Gasteiger partial charge in [-0.25, -0.2) is 9.67 Å². The molecule has 4 N–H and O–H groups in total. The van der Waals surface area contributed by atoms with Crippen molar-refractivity contribution in [1.29, 1.82) is 0 Å². The topological polar surface area (TPSA) is 123 Å². The lowest BCUT2D eigenvalue weighted by molar-refractivity contribution is -0.0506. The Labute approximate surface area is 97.0 Å². The summed E-state index contributed by atoms with van der Waals surface area (Å²) < 4.78 is 6.75. The van der Waals surface area contributed by atoms with Gasteiger partial charge in [-0.3, -0.25) is 4.79 Å². The van der Waals surface area contributed by atoms with Crippen LogP contribution in [0.2, 0.25) is 0 Å². The van der Waals surface area contributed by atoms with Gasteiger partial charge in [0, 0.05) is 5.92 Å². The predicted molar refractivity (Wildman–Crippen MR) is 54.7 cm³/mol. The highest BCUT2D eigenvalue weighted by molar-refractivity contribution is 5.88. The van der Waals surface area contributed by atoms with E-state index >= 15 is 0 Å². The molecular weight excluding hydrogens is 228 g/mol. The first kappa shape index (κ1) is 12.0. The largest absolute Gasteiger partial charge is 0.394 e. The minimum Gasteiger partial charge on any atom is -0.394 e. The van der Waals surface area contributed by atoms with Crippen LogP contribution in [0.3, 0.4) is 0 Å². The number of aromatic nitrogens is 3. The van der Waals surface area contributed by atoms with Gasteiger partial charge in [-0.1, -0.05) is 6.92 Å². The molecule has 1 aromatic heterocycles. The average molecular weight is 242 g/mol. The lowest BCUT2D eigenvalue weighted by Gasteiger charge is -2.14. The monoisotopic (exact) mass is 242 g/mol. The number of primary amides is 1. The number of aliphatic hydroxyl groups is 2. The van der Waals surface area contributed by atoms with Crippen molar-refractivity contribution >= 4 is 5.91 Å². The zero-order valence-electron chi connectivity index (χ0n) is 9.22. The molecule has 0 saturated carbocycles. The number of hydrogen-bond donors (Lipinski definition) is 3. The van der Waals surface area contributed by atoms with Gasteiger partial charge >= 0.3 is 0 Å². The molecule has 0 radical (unpaired) electrons. The number of ether oxygens (including phenoxy) is 1. The van der Waals surface area contributed by atoms with Crippen LogP contribution in [0.15, 0.2) is 6.33 Å². The van der Waals surface area contributed by atoms with E-state index in [0.717, 1.165) is 0 Å². The number of carbonyl (C=O) groups is 1. The Hall–Kier alpha value is -1.51.